The third-order valence-electron chi connectivity index (χ3n) is 3.10. The molecule has 0 saturated carbocycles. The van der Waals surface area contributed by atoms with E-state index in [1.165, 1.54) is 38.8 Å². The molecule has 1 fully saturated rings. The van der Waals surface area contributed by atoms with Gasteiger partial charge in [-0.2, -0.15) is 0 Å². The van der Waals surface area contributed by atoms with Crippen LogP contribution in [0.1, 0.15) is 67.2 Å². The smallest absolute Gasteiger partial charge is 0.000906 e. The van der Waals surface area contributed by atoms with Gasteiger partial charge in [0.1, 0.15) is 0 Å². The lowest BCUT2D eigenvalue weighted by molar-refractivity contribution is 0.173. The van der Waals surface area contributed by atoms with Crippen molar-refractivity contribution in [1.82, 2.24) is 4.90 Å². The molecule has 0 aromatic rings. The van der Waals surface area contributed by atoms with Crippen molar-refractivity contribution in [3.63, 3.8) is 0 Å². The Bertz CT molecular complexity index is 119. The van der Waals surface area contributed by atoms with Crippen LogP contribution in [-0.4, -0.2) is 25.0 Å². The van der Waals surface area contributed by atoms with E-state index in [0.717, 1.165) is 11.8 Å². The van der Waals surface area contributed by atoms with Gasteiger partial charge in [0, 0.05) is 6.54 Å². The lowest BCUT2D eigenvalue weighted by atomic mass is 9.88. The SMILES string of the molecule is CC.CC(C)C1CCCN(C)C1.CCCC. The number of hydrogen-bond acceptors (Lipinski definition) is 1. The number of unbranched alkanes of at least 4 members (excludes halogenated alkanes) is 1. The van der Waals surface area contributed by atoms with Crippen molar-refractivity contribution in [1.29, 1.82) is 0 Å². The predicted octanol–water partition coefficient (Wildman–Crippen LogP) is 4.82. The molecular formula is C15H35N. The van der Waals surface area contributed by atoms with Crippen LogP contribution in [0.15, 0.2) is 0 Å². The van der Waals surface area contributed by atoms with Crippen molar-refractivity contribution in [2.24, 2.45) is 11.8 Å². The summed E-state index contributed by atoms with van der Waals surface area (Å²) >= 11 is 0. The summed E-state index contributed by atoms with van der Waals surface area (Å²) in [5.74, 6) is 1.83. The average Bonchev–Trinajstić information content (AvgIpc) is 2.32. The third kappa shape index (κ3) is 10.5. The second-order valence-electron chi connectivity index (χ2n) is 4.91. The molecule has 1 heterocycles. The standard InChI is InChI=1S/C9H19N.C4H10.C2H6/c1-8(2)9-5-4-6-10(3)7-9;1-3-4-2;1-2/h8-9H,4-7H2,1-3H3;3-4H2,1-2H3;1-2H3. The van der Waals surface area contributed by atoms with E-state index in [1.807, 2.05) is 13.8 Å². The normalized spacial score (nSPS) is 20.6. The number of piperidine rings is 1. The highest BCUT2D eigenvalue weighted by Gasteiger charge is 2.19. The molecule has 1 nitrogen and oxygen atoms in total. The van der Waals surface area contributed by atoms with Gasteiger partial charge >= 0.3 is 0 Å². The number of hydrogen-bond donors (Lipinski definition) is 0. The largest absolute Gasteiger partial charge is 0.306 e. The summed E-state index contributed by atoms with van der Waals surface area (Å²) in [7, 11) is 2.23. The highest BCUT2D eigenvalue weighted by Crippen LogP contribution is 2.21. The maximum absolute atomic E-state index is 2.45. The zero-order valence-electron chi connectivity index (χ0n) is 12.8. The molecule has 0 radical (unpaired) electrons. The Morgan fingerprint density at radius 3 is 1.88 bits per heavy atom. The molecule has 0 amide bonds. The van der Waals surface area contributed by atoms with Crippen LogP contribution in [0.5, 0.6) is 0 Å². The molecular weight excluding hydrogens is 194 g/mol. The van der Waals surface area contributed by atoms with Crippen LogP contribution in [0.3, 0.4) is 0 Å². The quantitative estimate of drug-likeness (QED) is 0.656. The van der Waals surface area contributed by atoms with E-state index in [2.05, 4.69) is 39.6 Å². The molecule has 0 aliphatic carbocycles. The van der Waals surface area contributed by atoms with Crippen molar-refractivity contribution >= 4 is 0 Å². The lowest BCUT2D eigenvalue weighted by Crippen LogP contribution is -2.34. The number of nitrogens with zero attached hydrogens (tertiary/aromatic N) is 1. The second-order valence-corrected chi connectivity index (χ2v) is 4.91. The molecule has 0 bridgehead atoms. The van der Waals surface area contributed by atoms with Gasteiger partial charge in [-0.05, 0) is 38.3 Å². The van der Waals surface area contributed by atoms with Gasteiger partial charge in [0.05, 0.1) is 0 Å². The molecule has 0 aromatic heterocycles. The lowest BCUT2D eigenvalue weighted by Gasteiger charge is -2.31. The first kappa shape index (κ1) is 18.3. The van der Waals surface area contributed by atoms with Crippen molar-refractivity contribution in [3.8, 4) is 0 Å². The van der Waals surface area contributed by atoms with Crippen LogP contribution < -0.4 is 0 Å². The van der Waals surface area contributed by atoms with E-state index in [-0.39, 0.29) is 0 Å². The van der Waals surface area contributed by atoms with Crippen molar-refractivity contribution in [3.05, 3.63) is 0 Å². The van der Waals surface area contributed by atoms with Crippen LogP contribution in [0, 0.1) is 11.8 Å². The predicted molar refractivity (Wildman–Crippen MR) is 77.0 cm³/mol. The molecule has 1 atom stereocenters. The summed E-state index contributed by atoms with van der Waals surface area (Å²) in [6.45, 7) is 15.7. The summed E-state index contributed by atoms with van der Waals surface area (Å²) in [6, 6.07) is 0. The Labute approximate surface area is 105 Å². The van der Waals surface area contributed by atoms with Crippen molar-refractivity contribution in [2.45, 2.75) is 67.2 Å². The van der Waals surface area contributed by atoms with Crippen LogP contribution in [0.25, 0.3) is 0 Å². The fourth-order valence-corrected chi connectivity index (χ4v) is 1.75. The van der Waals surface area contributed by atoms with E-state index < -0.39 is 0 Å². The van der Waals surface area contributed by atoms with Gasteiger partial charge in [-0.15, -0.1) is 0 Å². The van der Waals surface area contributed by atoms with E-state index in [0.29, 0.717) is 0 Å². The molecule has 1 rings (SSSR count). The van der Waals surface area contributed by atoms with Crippen LogP contribution in [0.2, 0.25) is 0 Å². The average molecular weight is 229 g/mol. The minimum atomic E-state index is 0.878. The van der Waals surface area contributed by atoms with E-state index >= 15 is 0 Å². The van der Waals surface area contributed by atoms with Gasteiger partial charge in [-0.25, -0.2) is 0 Å². The zero-order valence-corrected chi connectivity index (χ0v) is 12.8. The minimum absolute atomic E-state index is 0.878. The third-order valence-corrected chi connectivity index (χ3v) is 3.10. The molecule has 1 unspecified atom stereocenters. The fourth-order valence-electron chi connectivity index (χ4n) is 1.75. The summed E-state index contributed by atoms with van der Waals surface area (Å²) in [4.78, 5) is 2.45. The van der Waals surface area contributed by atoms with Gasteiger partial charge in [0.15, 0.2) is 0 Å². The number of likely N-dealkylation sites (tertiary alicyclic amines) is 1. The maximum atomic E-state index is 2.45. The maximum Gasteiger partial charge on any atom is 0.000906 e. The van der Waals surface area contributed by atoms with Gasteiger partial charge in [-0.1, -0.05) is 54.4 Å². The van der Waals surface area contributed by atoms with Gasteiger partial charge in [0.25, 0.3) is 0 Å². The van der Waals surface area contributed by atoms with Gasteiger partial charge in [-0.3, -0.25) is 0 Å². The zero-order chi connectivity index (χ0) is 13.0. The Morgan fingerprint density at radius 1 is 1.12 bits per heavy atom. The van der Waals surface area contributed by atoms with Crippen molar-refractivity contribution in [2.75, 3.05) is 20.1 Å². The molecule has 1 saturated heterocycles. The van der Waals surface area contributed by atoms with Crippen LogP contribution in [0.4, 0.5) is 0 Å². The molecule has 0 spiro atoms. The Morgan fingerprint density at radius 2 is 1.62 bits per heavy atom. The van der Waals surface area contributed by atoms with Crippen LogP contribution >= 0.6 is 0 Å². The topological polar surface area (TPSA) is 3.24 Å². The highest BCUT2D eigenvalue weighted by molar-refractivity contribution is 4.72. The molecule has 100 valence electrons. The first-order valence-corrected chi connectivity index (χ1v) is 7.30. The Hall–Kier alpha value is -0.0400. The molecule has 0 N–H and O–H groups in total. The summed E-state index contributed by atoms with van der Waals surface area (Å²) in [6.07, 6.45) is 5.49. The van der Waals surface area contributed by atoms with Crippen molar-refractivity contribution < 1.29 is 0 Å². The molecule has 0 aromatic carbocycles. The summed E-state index contributed by atoms with van der Waals surface area (Å²) in [5, 5.41) is 0. The summed E-state index contributed by atoms with van der Waals surface area (Å²) < 4.78 is 0. The Kier molecular flexibility index (Phi) is 14.9. The second kappa shape index (κ2) is 13.0. The monoisotopic (exact) mass is 229 g/mol. The molecule has 1 heteroatoms. The first-order valence-electron chi connectivity index (χ1n) is 7.30. The number of rotatable bonds is 2. The van der Waals surface area contributed by atoms with E-state index in [1.54, 1.807) is 0 Å². The van der Waals surface area contributed by atoms with Gasteiger partial charge < -0.3 is 4.90 Å². The highest BCUT2D eigenvalue weighted by atomic mass is 15.1. The van der Waals surface area contributed by atoms with E-state index in [9.17, 15) is 0 Å². The van der Waals surface area contributed by atoms with Crippen LogP contribution in [-0.2, 0) is 0 Å². The fraction of sp³-hybridized carbons (Fsp3) is 1.00. The van der Waals surface area contributed by atoms with Gasteiger partial charge in [0.2, 0.25) is 0 Å². The molecule has 1 aliphatic rings. The Balaban J connectivity index is 0. The van der Waals surface area contributed by atoms with E-state index in [4.69, 9.17) is 0 Å². The minimum Gasteiger partial charge on any atom is -0.306 e. The molecule has 16 heavy (non-hydrogen) atoms. The summed E-state index contributed by atoms with van der Waals surface area (Å²) in [5.41, 5.74) is 0. The first-order chi connectivity index (χ1) is 7.61. The molecule has 1 aliphatic heterocycles.